The van der Waals surface area contributed by atoms with Crippen molar-refractivity contribution in [3.63, 3.8) is 0 Å². The Morgan fingerprint density at radius 1 is 0.909 bits per heavy atom. The van der Waals surface area contributed by atoms with Gasteiger partial charge in [-0.25, -0.2) is 0 Å². The lowest BCUT2D eigenvalue weighted by atomic mass is 9.67. The summed E-state index contributed by atoms with van der Waals surface area (Å²) < 4.78 is 0. The Morgan fingerprint density at radius 2 is 1.45 bits per heavy atom. The van der Waals surface area contributed by atoms with Crippen LogP contribution in [0.1, 0.15) is 39.0 Å². The summed E-state index contributed by atoms with van der Waals surface area (Å²) in [5.74, 6) is 2.94. The van der Waals surface area contributed by atoms with E-state index in [0.717, 1.165) is 17.8 Å². The van der Waals surface area contributed by atoms with E-state index in [-0.39, 0.29) is 0 Å². The van der Waals surface area contributed by atoms with Gasteiger partial charge in [-0.2, -0.15) is 0 Å². The summed E-state index contributed by atoms with van der Waals surface area (Å²) in [6, 6.07) is 0.534. The third-order valence-electron chi connectivity index (χ3n) is 3.41. The van der Waals surface area contributed by atoms with Crippen LogP contribution < -0.4 is 5.73 Å². The number of nitrogens with two attached hydrogens (primary N) is 1. The third-order valence-corrected chi connectivity index (χ3v) is 3.41. The molecule has 1 nitrogen and oxygen atoms in total. The Hall–Kier alpha value is -0.0400. The van der Waals surface area contributed by atoms with Crippen molar-refractivity contribution in [3.05, 3.63) is 0 Å². The van der Waals surface area contributed by atoms with Crippen LogP contribution >= 0.6 is 0 Å². The maximum Gasteiger partial charge on any atom is 0.00441 e. The molecule has 2 aliphatic carbocycles. The van der Waals surface area contributed by atoms with Crippen molar-refractivity contribution in [3.8, 4) is 0 Å². The molecular weight excluding hydrogens is 134 g/mol. The molecule has 0 aromatic carbocycles. The zero-order valence-corrected chi connectivity index (χ0v) is 7.42. The van der Waals surface area contributed by atoms with Gasteiger partial charge in [0.15, 0.2) is 0 Å². The predicted molar refractivity (Wildman–Crippen MR) is 47.2 cm³/mol. The summed E-state index contributed by atoms with van der Waals surface area (Å²) in [7, 11) is 0. The highest BCUT2D eigenvalue weighted by molar-refractivity contribution is 4.86. The standard InChI is InChI=1S/C10H19N/c1-7-2-8-4-9(3-7)6-10(11)5-8/h7-10H,2-6,11H2,1H3/t7?,8-,9+,10+. The fourth-order valence-corrected chi connectivity index (χ4v) is 3.24. The van der Waals surface area contributed by atoms with E-state index in [4.69, 9.17) is 5.73 Å². The van der Waals surface area contributed by atoms with E-state index in [9.17, 15) is 0 Å². The maximum absolute atomic E-state index is 5.97. The molecule has 0 aromatic rings. The van der Waals surface area contributed by atoms with Crippen LogP contribution in [-0.2, 0) is 0 Å². The SMILES string of the molecule is CC1C[C@@H]2C[C@@H](N)C[C@H](C1)C2. The van der Waals surface area contributed by atoms with Crippen LogP contribution in [-0.4, -0.2) is 6.04 Å². The molecule has 64 valence electrons. The monoisotopic (exact) mass is 153 g/mol. The molecule has 1 heteroatoms. The summed E-state index contributed by atoms with van der Waals surface area (Å²) >= 11 is 0. The van der Waals surface area contributed by atoms with E-state index >= 15 is 0 Å². The van der Waals surface area contributed by atoms with Crippen LogP contribution in [0.2, 0.25) is 0 Å². The van der Waals surface area contributed by atoms with Crippen LogP contribution in [0, 0.1) is 17.8 Å². The van der Waals surface area contributed by atoms with Crippen molar-refractivity contribution < 1.29 is 0 Å². The minimum atomic E-state index is 0.534. The Balaban J connectivity index is 2.00. The van der Waals surface area contributed by atoms with E-state index in [0.29, 0.717) is 6.04 Å². The van der Waals surface area contributed by atoms with E-state index in [1.807, 2.05) is 0 Å². The van der Waals surface area contributed by atoms with Crippen LogP contribution in [0.15, 0.2) is 0 Å². The quantitative estimate of drug-likeness (QED) is 0.567. The Bertz CT molecular complexity index is 110. The summed E-state index contributed by atoms with van der Waals surface area (Å²) in [5, 5.41) is 0. The predicted octanol–water partition coefficient (Wildman–Crippen LogP) is 2.16. The van der Waals surface area contributed by atoms with E-state index in [2.05, 4.69) is 6.92 Å². The lowest BCUT2D eigenvalue weighted by molar-refractivity contribution is 0.131. The number of hydrogen-bond donors (Lipinski definition) is 1. The molecule has 2 fully saturated rings. The van der Waals surface area contributed by atoms with Gasteiger partial charge in [-0.05, 0) is 49.9 Å². The van der Waals surface area contributed by atoms with Crippen molar-refractivity contribution in [1.29, 1.82) is 0 Å². The van der Waals surface area contributed by atoms with Gasteiger partial charge in [-0.3, -0.25) is 0 Å². The second kappa shape index (κ2) is 2.78. The molecule has 2 N–H and O–H groups in total. The maximum atomic E-state index is 5.97. The average molecular weight is 153 g/mol. The van der Waals surface area contributed by atoms with Gasteiger partial charge >= 0.3 is 0 Å². The van der Waals surface area contributed by atoms with Crippen molar-refractivity contribution in [2.24, 2.45) is 23.5 Å². The normalized spacial score (nSPS) is 50.7. The minimum Gasteiger partial charge on any atom is -0.328 e. The molecule has 0 amide bonds. The zero-order chi connectivity index (χ0) is 7.84. The highest BCUT2D eigenvalue weighted by Crippen LogP contribution is 2.41. The Morgan fingerprint density at radius 3 is 2.00 bits per heavy atom. The summed E-state index contributed by atoms with van der Waals surface area (Å²) in [6.07, 6.45) is 6.99. The summed E-state index contributed by atoms with van der Waals surface area (Å²) in [6.45, 7) is 2.40. The minimum absolute atomic E-state index is 0.534. The van der Waals surface area contributed by atoms with Crippen molar-refractivity contribution in [1.82, 2.24) is 0 Å². The molecule has 4 atom stereocenters. The second-order valence-corrected chi connectivity index (χ2v) is 4.78. The first kappa shape index (κ1) is 7.60. The molecule has 0 aromatic heterocycles. The molecule has 0 radical (unpaired) electrons. The van der Waals surface area contributed by atoms with Crippen LogP contribution in [0.4, 0.5) is 0 Å². The van der Waals surface area contributed by atoms with Gasteiger partial charge in [0, 0.05) is 6.04 Å². The molecule has 0 spiro atoms. The van der Waals surface area contributed by atoms with Crippen molar-refractivity contribution in [2.75, 3.05) is 0 Å². The molecule has 1 unspecified atom stereocenters. The molecule has 2 saturated carbocycles. The highest BCUT2D eigenvalue weighted by atomic mass is 14.7. The molecular formula is C10H19N. The molecule has 2 rings (SSSR count). The molecule has 2 bridgehead atoms. The lowest BCUT2D eigenvalue weighted by Gasteiger charge is -2.40. The first-order chi connectivity index (χ1) is 5.24. The topological polar surface area (TPSA) is 26.0 Å². The van der Waals surface area contributed by atoms with Gasteiger partial charge in [0.2, 0.25) is 0 Å². The van der Waals surface area contributed by atoms with Gasteiger partial charge in [-0.15, -0.1) is 0 Å². The Labute approximate surface area is 69.4 Å². The number of hydrogen-bond acceptors (Lipinski definition) is 1. The first-order valence-corrected chi connectivity index (χ1v) is 4.99. The molecule has 0 aliphatic heterocycles. The number of rotatable bonds is 0. The fourth-order valence-electron chi connectivity index (χ4n) is 3.24. The largest absolute Gasteiger partial charge is 0.328 e. The van der Waals surface area contributed by atoms with Gasteiger partial charge in [-0.1, -0.05) is 6.92 Å². The fraction of sp³-hybridized carbons (Fsp3) is 1.00. The van der Waals surface area contributed by atoms with Crippen LogP contribution in [0.5, 0.6) is 0 Å². The van der Waals surface area contributed by atoms with Crippen molar-refractivity contribution in [2.45, 2.75) is 45.1 Å². The van der Waals surface area contributed by atoms with Gasteiger partial charge < -0.3 is 5.73 Å². The second-order valence-electron chi connectivity index (χ2n) is 4.78. The molecule has 0 heterocycles. The summed E-state index contributed by atoms with van der Waals surface area (Å²) in [4.78, 5) is 0. The van der Waals surface area contributed by atoms with Gasteiger partial charge in [0.25, 0.3) is 0 Å². The van der Waals surface area contributed by atoms with E-state index in [1.54, 1.807) is 0 Å². The van der Waals surface area contributed by atoms with Crippen LogP contribution in [0.3, 0.4) is 0 Å². The van der Waals surface area contributed by atoms with Gasteiger partial charge in [0.1, 0.15) is 0 Å². The summed E-state index contributed by atoms with van der Waals surface area (Å²) in [5.41, 5.74) is 5.97. The first-order valence-electron chi connectivity index (χ1n) is 4.99. The molecule has 0 saturated heterocycles. The smallest absolute Gasteiger partial charge is 0.00441 e. The van der Waals surface area contributed by atoms with Crippen LogP contribution in [0.25, 0.3) is 0 Å². The average Bonchev–Trinajstić information content (AvgIpc) is 1.82. The molecule has 11 heavy (non-hydrogen) atoms. The van der Waals surface area contributed by atoms with E-state index in [1.165, 1.54) is 32.1 Å². The lowest BCUT2D eigenvalue weighted by Crippen LogP contribution is -2.37. The number of fused-ring (bicyclic) bond motifs is 2. The zero-order valence-electron chi connectivity index (χ0n) is 7.42. The van der Waals surface area contributed by atoms with E-state index < -0.39 is 0 Å². The Kier molecular flexibility index (Phi) is 1.92. The highest BCUT2D eigenvalue weighted by Gasteiger charge is 2.32. The van der Waals surface area contributed by atoms with Crippen molar-refractivity contribution >= 4 is 0 Å². The third kappa shape index (κ3) is 1.58. The molecule has 2 aliphatic rings. The van der Waals surface area contributed by atoms with Gasteiger partial charge in [0.05, 0.1) is 0 Å².